The van der Waals surface area contributed by atoms with E-state index >= 15 is 0 Å². The summed E-state index contributed by atoms with van der Waals surface area (Å²) in [6.45, 7) is 4.63. The molecule has 0 aromatic heterocycles. The van der Waals surface area contributed by atoms with Crippen molar-refractivity contribution in [2.45, 2.75) is 50.4 Å². The van der Waals surface area contributed by atoms with E-state index in [0.29, 0.717) is 6.10 Å². The number of likely N-dealkylation sites (tertiary alicyclic amines) is 1. The Labute approximate surface area is 98.3 Å². The van der Waals surface area contributed by atoms with Crippen LogP contribution in [0.5, 0.6) is 0 Å². The Bertz CT molecular complexity index is 255. The van der Waals surface area contributed by atoms with Crippen molar-refractivity contribution >= 4 is 0 Å². The minimum Gasteiger partial charge on any atom is -0.347 e. The molecule has 1 atom stereocenters. The van der Waals surface area contributed by atoms with Crippen LogP contribution in [-0.4, -0.2) is 49.7 Å². The minimum atomic E-state index is -0.163. The van der Waals surface area contributed by atoms with E-state index in [0.717, 1.165) is 26.0 Å². The lowest BCUT2D eigenvalue weighted by Crippen LogP contribution is -2.47. The van der Waals surface area contributed by atoms with Crippen LogP contribution in [0, 0.1) is 0 Å². The Morgan fingerprint density at radius 2 is 1.81 bits per heavy atom. The second-order valence-electron chi connectivity index (χ2n) is 6.13. The maximum Gasteiger partial charge on any atom is 0.169 e. The molecular formula is C13H24NO2+. The van der Waals surface area contributed by atoms with Crippen molar-refractivity contribution in [1.82, 2.24) is 0 Å². The van der Waals surface area contributed by atoms with Crippen LogP contribution in [0.3, 0.4) is 0 Å². The molecule has 3 nitrogen and oxygen atoms in total. The lowest BCUT2D eigenvalue weighted by Gasteiger charge is -2.31. The van der Waals surface area contributed by atoms with E-state index in [1.165, 1.54) is 43.3 Å². The van der Waals surface area contributed by atoms with Gasteiger partial charge in [0.15, 0.2) is 5.79 Å². The molecular weight excluding hydrogens is 202 g/mol. The molecule has 0 radical (unpaired) electrons. The summed E-state index contributed by atoms with van der Waals surface area (Å²) in [6, 6.07) is 0. The third-order valence-corrected chi connectivity index (χ3v) is 4.57. The minimum absolute atomic E-state index is 0.163. The van der Waals surface area contributed by atoms with Crippen LogP contribution in [0.4, 0.5) is 0 Å². The van der Waals surface area contributed by atoms with Crippen molar-refractivity contribution in [3.05, 3.63) is 0 Å². The molecule has 2 heterocycles. The maximum atomic E-state index is 6.20. The third kappa shape index (κ3) is 2.01. The van der Waals surface area contributed by atoms with Crippen LogP contribution in [0.2, 0.25) is 0 Å². The van der Waals surface area contributed by atoms with E-state index in [9.17, 15) is 0 Å². The quantitative estimate of drug-likeness (QED) is 0.670. The van der Waals surface area contributed by atoms with Gasteiger partial charge in [-0.05, 0) is 12.8 Å². The van der Waals surface area contributed by atoms with E-state index in [1.54, 1.807) is 0 Å². The summed E-state index contributed by atoms with van der Waals surface area (Å²) in [5, 5.41) is 0. The summed E-state index contributed by atoms with van der Waals surface area (Å²) in [7, 11) is 2.37. The number of nitrogens with zero attached hydrogens (tertiary/aromatic N) is 1. The molecule has 2 aliphatic heterocycles. The van der Waals surface area contributed by atoms with Gasteiger partial charge in [0, 0.05) is 25.7 Å². The highest BCUT2D eigenvalue weighted by atomic mass is 16.7. The zero-order valence-corrected chi connectivity index (χ0v) is 10.4. The number of hydrogen-bond donors (Lipinski definition) is 0. The molecule has 0 N–H and O–H groups in total. The molecule has 3 aliphatic rings. The first-order valence-corrected chi connectivity index (χ1v) is 6.85. The highest BCUT2D eigenvalue weighted by molar-refractivity contribution is 4.84. The summed E-state index contributed by atoms with van der Waals surface area (Å²) in [6.07, 6.45) is 7.91. The summed E-state index contributed by atoms with van der Waals surface area (Å²) >= 11 is 0. The second kappa shape index (κ2) is 3.97. The molecule has 3 heteroatoms. The molecule has 2 saturated heterocycles. The van der Waals surface area contributed by atoms with Gasteiger partial charge < -0.3 is 14.0 Å². The Morgan fingerprint density at radius 3 is 2.50 bits per heavy atom. The lowest BCUT2D eigenvalue weighted by atomic mass is 10.2. The molecule has 92 valence electrons. The van der Waals surface area contributed by atoms with Gasteiger partial charge in [-0.1, -0.05) is 0 Å². The van der Waals surface area contributed by atoms with Crippen molar-refractivity contribution in [1.29, 1.82) is 0 Å². The highest BCUT2D eigenvalue weighted by Gasteiger charge is 2.46. The van der Waals surface area contributed by atoms with Crippen LogP contribution in [0.15, 0.2) is 0 Å². The summed E-state index contributed by atoms with van der Waals surface area (Å²) in [5.41, 5.74) is 0. The van der Waals surface area contributed by atoms with E-state index < -0.39 is 0 Å². The summed E-state index contributed by atoms with van der Waals surface area (Å²) < 4.78 is 13.3. The Kier molecular flexibility index (Phi) is 2.73. The first-order chi connectivity index (χ1) is 7.70. The zero-order valence-electron chi connectivity index (χ0n) is 10.4. The van der Waals surface area contributed by atoms with Gasteiger partial charge in [0.1, 0.15) is 12.6 Å². The van der Waals surface area contributed by atoms with Gasteiger partial charge in [0.25, 0.3) is 0 Å². The number of quaternary nitrogens is 1. The molecule has 1 saturated carbocycles. The molecule has 0 amide bonds. The Morgan fingerprint density at radius 1 is 1.12 bits per heavy atom. The number of likely N-dealkylation sites (N-methyl/N-ethyl adjacent to an activating group) is 1. The predicted octanol–water partition coefficient (Wildman–Crippen LogP) is 1.91. The molecule has 0 aromatic carbocycles. The van der Waals surface area contributed by atoms with E-state index in [-0.39, 0.29) is 5.79 Å². The van der Waals surface area contributed by atoms with Crippen LogP contribution in [-0.2, 0) is 9.47 Å². The summed E-state index contributed by atoms with van der Waals surface area (Å²) in [4.78, 5) is 0. The van der Waals surface area contributed by atoms with Crippen LogP contribution >= 0.6 is 0 Å². The van der Waals surface area contributed by atoms with Crippen molar-refractivity contribution in [2.24, 2.45) is 0 Å². The van der Waals surface area contributed by atoms with Crippen molar-refractivity contribution in [2.75, 3.05) is 33.3 Å². The second-order valence-corrected chi connectivity index (χ2v) is 6.13. The van der Waals surface area contributed by atoms with Crippen LogP contribution < -0.4 is 0 Å². The standard InChI is InChI=1S/C13H24NO2/c1-14(8-4-5-9-14)10-12-11-15-13(16-12)6-2-3-7-13/h12H,2-11H2,1H3/q+1/t12-/m0/s1. The fourth-order valence-corrected chi connectivity index (χ4v) is 3.66. The van der Waals surface area contributed by atoms with E-state index in [4.69, 9.17) is 9.47 Å². The fourth-order valence-electron chi connectivity index (χ4n) is 3.66. The Hall–Kier alpha value is -0.120. The van der Waals surface area contributed by atoms with Crippen molar-refractivity contribution in [3.63, 3.8) is 0 Å². The van der Waals surface area contributed by atoms with Gasteiger partial charge in [0.2, 0.25) is 0 Å². The van der Waals surface area contributed by atoms with Crippen molar-refractivity contribution < 1.29 is 14.0 Å². The average Bonchev–Trinajstić information content (AvgIpc) is 2.93. The molecule has 3 rings (SSSR count). The van der Waals surface area contributed by atoms with Crippen LogP contribution in [0.1, 0.15) is 38.5 Å². The van der Waals surface area contributed by atoms with E-state index in [2.05, 4.69) is 7.05 Å². The highest BCUT2D eigenvalue weighted by Crippen LogP contribution is 2.39. The molecule has 0 aromatic rings. The smallest absolute Gasteiger partial charge is 0.169 e. The topological polar surface area (TPSA) is 18.5 Å². The largest absolute Gasteiger partial charge is 0.347 e. The normalized spacial score (nSPS) is 36.2. The van der Waals surface area contributed by atoms with Gasteiger partial charge in [-0.3, -0.25) is 0 Å². The van der Waals surface area contributed by atoms with Gasteiger partial charge >= 0.3 is 0 Å². The molecule has 1 aliphatic carbocycles. The first kappa shape index (κ1) is 11.0. The summed E-state index contributed by atoms with van der Waals surface area (Å²) in [5.74, 6) is -0.163. The molecule has 0 unspecified atom stereocenters. The van der Waals surface area contributed by atoms with Gasteiger partial charge in [-0.25, -0.2) is 0 Å². The molecule has 0 bridgehead atoms. The SMILES string of the molecule is C[N+]1(C[C@H]2COC3(CCCC3)O2)CCCC1. The Balaban J connectivity index is 1.57. The first-order valence-electron chi connectivity index (χ1n) is 6.85. The average molecular weight is 226 g/mol. The monoisotopic (exact) mass is 226 g/mol. The predicted molar refractivity (Wildman–Crippen MR) is 62.0 cm³/mol. The maximum absolute atomic E-state index is 6.20. The van der Waals surface area contributed by atoms with Gasteiger partial charge in [-0.2, -0.15) is 0 Å². The van der Waals surface area contributed by atoms with Gasteiger partial charge in [-0.15, -0.1) is 0 Å². The molecule has 16 heavy (non-hydrogen) atoms. The molecule has 1 spiro atoms. The van der Waals surface area contributed by atoms with Crippen LogP contribution in [0.25, 0.3) is 0 Å². The fraction of sp³-hybridized carbons (Fsp3) is 1.00. The van der Waals surface area contributed by atoms with Crippen molar-refractivity contribution in [3.8, 4) is 0 Å². The lowest BCUT2D eigenvalue weighted by molar-refractivity contribution is -0.900. The number of hydrogen-bond acceptors (Lipinski definition) is 2. The van der Waals surface area contributed by atoms with Gasteiger partial charge in [0.05, 0.1) is 26.7 Å². The molecule has 3 fully saturated rings. The van der Waals surface area contributed by atoms with E-state index in [1.807, 2.05) is 0 Å². The number of ether oxygens (including phenoxy) is 2. The third-order valence-electron chi connectivity index (χ3n) is 4.57. The number of rotatable bonds is 2. The zero-order chi connectivity index (χ0) is 11.1.